The summed E-state index contributed by atoms with van der Waals surface area (Å²) < 4.78 is 33.5. The highest BCUT2D eigenvalue weighted by Gasteiger charge is 2.32. The molecule has 0 aromatic heterocycles. The van der Waals surface area contributed by atoms with Gasteiger partial charge in [0.15, 0.2) is 0 Å². The van der Waals surface area contributed by atoms with Crippen molar-refractivity contribution in [3.63, 3.8) is 0 Å². The maximum absolute atomic E-state index is 13.7. The SMILES string of the molecule is CCNC(=O)C(C)N(Cc1ccc(OC)cc1)C(=O)CN(c1cccc(Cl)c1)S(=O)(=O)c1ccccc1. The highest BCUT2D eigenvalue weighted by atomic mass is 35.5. The fourth-order valence-electron chi connectivity index (χ4n) is 3.71. The second kappa shape index (κ2) is 12.6. The van der Waals surface area contributed by atoms with Crippen LogP contribution >= 0.6 is 11.6 Å². The lowest BCUT2D eigenvalue weighted by atomic mass is 10.1. The predicted octanol–water partition coefficient (Wildman–Crippen LogP) is 4.10. The van der Waals surface area contributed by atoms with Gasteiger partial charge in [-0.25, -0.2) is 8.42 Å². The van der Waals surface area contributed by atoms with Crippen LogP contribution in [0, 0.1) is 0 Å². The number of nitrogens with zero attached hydrogens (tertiary/aromatic N) is 2. The van der Waals surface area contributed by atoms with E-state index < -0.39 is 28.5 Å². The Hall–Kier alpha value is -3.56. The van der Waals surface area contributed by atoms with Crippen molar-refractivity contribution in [1.29, 1.82) is 0 Å². The van der Waals surface area contributed by atoms with Gasteiger partial charge in [0.2, 0.25) is 11.8 Å². The van der Waals surface area contributed by atoms with Gasteiger partial charge in [-0.15, -0.1) is 0 Å². The lowest BCUT2D eigenvalue weighted by molar-refractivity contribution is -0.139. The molecule has 0 saturated carbocycles. The van der Waals surface area contributed by atoms with Crippen LogP contribution < -0.4 is 14.4 Å². The van der Waals surface area contributed by atoms with Crippen LogP contribution in [-0.4, -0.2) is 51.4 Å². The Labute approximate surface area is 222 Å². The largest absolute Gasteiger partial charge is 0.497 e. The van der Waals surface area contributed by atoms with Gasteiger partial charge < -0.3 is 15.0 Å². The van der Waals surface area contributed by atoms with Crippen LogP contribution in [0.5, 0.6) is 5.75 Å². The second-order valence-electron chi connectivity index (χ2n) is 8.24. The van der Waals surface area contributed by atoms with Crippen molar-refractivity contribution in [2.24, 2.45) is 0 Å². The summed E-state index contributed by atoms with van der Waals surface area (Å²) in [5.74, 6) is -0.238. The molecule has 37 heavy (non-hydrogen) atoms. The van der Waals surface area contributed by atoms with Gasteiger partial charge in [-0.1, -0.05) is 48.0 Å². The molecular weight excluding hydrogens is 514 g/mol. The van der Waals surface area contributed by atoms with E-state index in [1.165, 1.54) is 23.1 Å². The molecule has 0 saturated heterocycles. The number of benzene rings is 3. The molecule has 1 N–H and O–H groups in total. The number of likely N-dealkylation sites (N-methyl/N-ethyl adjacent to an activating group) is 1. The first-order chi connectivity index (χ1) is 17.7. The van der Waals surface area contributed by atoms with Crippen LogP contribution in [0.3, 0.4) is 0 Å². The third-order valence-electron chi connectivity index (χ3n) is 5.74. The Morgan fingerprint density at radius 1 is 1.00 bits per heavy atom. The third kappa shape index (κ3) is 7.02. The Balaban J connectivity index is 2.00. The monoisotopic (exact) mass is 543 g/mol. The number of methoxy groups -OCH3 is 1. The zero-order valence-electron chi connectivity index (χ0n) is 20.9. The smallest absolute Gasteiger partial charge is 0.264 e. The first-order valence-corrected chi connectivity index (χ1v) is 13.5. The van der Waals surface area contributed by atoms with Crippen LogP contribution in [0.25, 0.3) is 0 Å². The summed E-state index contributed by atoms with van der Waals surface area (Å²) in [4.78, 5) is 27.9. The molecule has 0 spiro atoms. The summed E-state index contributed by atoms with van der Waals surface area (Å²) in [6.07, 6.45) is 0. The molecule has 1 unspecified atom stereocenters. The quantitative estimate of drug-likeness (QED) is 0.393. The number of rotatable bonds is 11. The summed E-state index contributed by atoms with van der Waals surface area (Å²) >= 11 is 6.16. The van der Waals surface area contributed by atoms with Crippen LogP contribution in [0.15, 0.2) is 83.8 Å². The molecule has 1 atom stereocenters. The number of amides is 2. The first kappa shape index (κ1) is 28.0. The van der Waals surface area contributed by atoms with E-state index in [0.29, 0.717) is 17.3 Å². The fourth-order valence-corrected chi connectivity index (χ4v) is 5.32. The molecule has 0 heterocycles. The summed E-state index contributed by atoms with van der Waals surface area (Å²) in [6.45, 7) is 3.35. The molecule has 3 aromatic rings. The second-order valence-corrected chi connectivity index (χ2v) is 10.5. The molecule has 0 fully saturated rings. The molecule has 0 aliphatic heterocycles. The fraction of sp³-hybridized carbons (Fsp3) is 0.259. The van der Waals surface area contributed by atoms with E-state index in [0.717, 1.165) is 9.87 Å². The number of nitrogens with one attached hydrogen (secondary N) is 1. The number of sulfonamides is 1. The highest BCUT2D eigenvalue weighted by molar-refractivity contribution is 7.92. The van der Waals surface area contributed by atoms with Crippen molar-refractivity contribution in [3.8, 4) is 5.75 Å². The summed E-state index contributed by atoms with van der Waals surface area (Å²) in [5, 5.41) is 3.05. The Morgan fingerprint density at radius 3 is 2.27 bits per heavy atom. The van der Waals surface area contributed by atoms with Gasteiger partial charge in [0.05, 0.1) is 17.7 Å². The Kier molecular flexibility index (Phi) is 9.54. The van der Waals surface area contributed by atoms with Gasteiger partial charge in [0, 0.05) is 18.1 Å². The summed E-state index contributed by atoms with van der Waals surface area (Å²) in [5.41, 5.74) is 0.991. The van der Waals surface area contributed by atoms with E-state index in [1.807, 2.05) is 0 Å². The maximum atomic E-state index is 13.7. The molecule has 196 valence electrons. The third-order valence-corrected chi connectivity index (χ3v) is 7.76. The predicted molar refractivity (Wildman–Crippen MR) is 144 cm³/mol. The average Bonchev–Trinajstić information content (AvgIpc) is 2.90. The molecule has 0 radical (unpaired) electrons. The number of carbonyl (C=O) groups is 2. The minimum absolute atomic E-state index is 0.0289. The van der Waals surface area contributed by atoms with Crippen LogP contribution in [0.2, 0.25) is 5.02 Å². The van der Waals surface area contributed by atoms with E-state index in [4.69, 9.17) is 16.3 Å². The van der Waals surface area contributed by atoms with Crippen molar-refractivity contribution < 1.29 is 22.7 Å². The molecule has 8 nitrogen and oxygen atoms in total. The number of hydrogen-bond acceptors (Lipinski definition) is 5. The zero-order valence-corrected chi connectivity index (χ0v) is 22.5. The van der Waals surface area contributed by atoms with Gasteiger partial charge in [0.1, 0.15) is 18.3 Å². The van der Waals surface area contributed by atoms with Gasteiger partial charge in [-0.3, -0.25) is 13.9 Å². The average molecular weight is 544 g/mol. The number of halogens is 1. The molecule has 3 aromatic carbocycles. The van der Waals surface area contributed by atoms with E-state index >= 15 is 0 Å². The first-order valence-electron chi connectivity index (χ1n) is 11.7. The number of hydrogen-bond donors (Lipinski definition) is 1. The maximum Gasteiger partial charge on any atom is 0.264 e. The van der Waals surface area contributed by atoms with Crippen molar-refractivity contribution in [2.45, 2.75) is 31.3 Å². The lowest BCUT2D eigenvalue weighted by Gasteiger charge is -2.32. The number of anilines is 1. The molecule has 0 aliphatic rings. The molecular formula is C27H30ClN3O5S. The molecule has 0 bridgehead atoms. The summed E-state index contributed by atoms with van der Waals surface area (Å²) in [7, 11) is -2.57. The molecule has 10 heteroatoms. The van der Waals surface area contributed by atoms with Gasteiger partial charge >= 0.3 is 0 Å². The standard InChI is InChI=1S/C27H30ClN3O5S/c1-4-29-27(33)20(2)30(18-21-13-15-24(36-3)16-14-21)26(32)19-31(23-10-8-9-22(28)17-23)37(34,35)25-11-6-5-7-12-25/h5-17,20H,4,18-19H2,1-3H3,(H,29,33). The van der Waals surface area contributed by atoms with E-state index in [2.05, 4.69) is 5.32 Å². The van der Waals surface area contributed by atoms with Crippen molar-refractivity contribution in [1.82, 2.24) is 10.2 Å². The number of carbonyl (C=O) groups excluding carboxylic acids is 2. The molecule has 2 amide bonds. The minimum atomic E-state index is -4.13. The Bertz CT molecular complexity index is 1320. The minimum Gasteiger partial charge on any atom is -0.497 e. The van der Waals surface area contributed by atoms with Crippen molar-refractivity contribution in [2.75, 3.05) is 24.5 Å². The van der Waals surface area contributed by atoms with Crippen molar-refractivity contribution >= 4 is 39.1 Å². The van der Waals surface area contributed by atoms with E-state index in [1.54, 1.807) is 81.6 Å². The summed E-state index contributed by atoms with van der Waals surface area (Å²) in [6, 6.07) is 20.4. The molecule has 3 rings (SSSR count). The van der Waals surface area contributed by atoms with Gasteiger partial charge in [-0.05, 0) is 61.9 Å². The molecule has 0 aliphatic carbocycles. The zero-order chi connectivity index (χ0) is 27.0. The van der Waals surface area contributed by atoms with Gasteiger partial charge in [-0.2, -0.15) is 0 Å². The lowest BCUT2D eigenvalue weighted by Crippen LogP contribution is -2.51. The van der Waals surface area contributed by atoms with Crippen LogP contribution in [-0.2, 0) is 26.2 Å². The van der Waals surface area contributed by atoms with Gasteiger partial charge in [0.25, 0.3) is 10.0 Å². The van der Waals surface area contributed by atoms with E-state index in [-0.39, 0.29) is 23.0 Å². The van der Waals surface area contributed by atoms with Crippen LogP contribution in [0.1, 0.15) is 19.4 Å². The number of ether oxygens (including phenoxy) is 1. The topological polar surface area (TPSA) is 96.0 Å². The highest BCUT2D eigenvalue weighted by Crippen LogP contribution is 2.27. The van der Waals surface area contributed by atoms with Crippen molar-refractivity contribution in [3.05, 3.63) is 89.4 Å². The van der Waals surface area contributed by atoms with Crippen LogP contribution in [0.4, 0.5) is 5.69 Å². The Morgan fingerprint density at radius 2 is 1.68 bits per heavy atom. The normalized spacial score (nSPS) is 11.9. The van der Waals surface area contributed by atoms with E-state index in [9.17, 15) is 18.0 Å².